The van der Waals surface area contributed by atoms with Gasteiger partial charge in [0.15, 0.2) is 5.00 Å². The van der Waals surface area contributed by atoms with E-state index in [1.165, 1.54) is 12.3 Å². The van der Waals surface area contributed by atoms with Crippen molar-refractivity contribution in [2.75, 3.05) is 5.43 Å². The fourth-order valence-electron chi connectivity index (χ4n) is 1.30. The Morgan fingerprint density at radius 1 is 1.55 bits per heavy atom. The molecule has 4 N–H and O–H groups in total. The van der Waals surface area contributed by atoms with E-state index >= 15 is 0 Å². The first-order valence-electron chi connectivity index (χ1n) is 5.08. The molecule has 20 heavy (non-hydrogen) atoms. The van der Waals surface area contributed by atoms with Crippen molar-refractivity contribution in [2.24, 2.45) is 5.84 Å². The normalized spacial score (nSPS) is 11.4. The maximum Gasteiger partial charge on any atom is 0.306 e. The highest BCUT2D eigenvalue weighted by Gasteiger charge is 2.25. The number of hydrogen-bond acceptors (Lipinski definition) is 9. The van der Waals surface area contributed by atoms with Crippen LogP contribution < -0.4 is 16.0 Å². The number of nitrogens with zero attached hydrogens (tertiary/aromatic N) is 2. The van der Waals surface area contributed by atoms with Gasteiger partial charge in [0, 0.05) is 12.1 Å². The molecule has 2 aromatic rings. The summed E-state index contributed by atoms with van der Waals surface area (Å²) in [5.74, 6) is 5.11. The van der Waals surface area contributed by atoms with Crippen LogP contribution in [0.3, 0.4) is 0 Å². The van der Waals surface area contributed by atoms with E-state index < -0.39 is 20.6 Å². The van der Waals surface area contributed by atoms with Crippen LogP contribution in [-0.4, -0.2) is 18.5 Å². The molecular formula is C8H9N5O5S2. The van der Waals surface area contributed by atoms with E-state index in [1.807, 2.05) is 0 Å². The van der Waals surface area contributed by atoms with Crippen molar-refractivity contribution < 1.29 is 17.9 Å². The van der Waals surface area contributed by atoms with Crippen molar-refractivity contribution in [3.05, 3.63) is 34.2 Å². The Morgan fingerprint density at radius 2 is 2.30 bits per heavy atom. The zero-order valence-electron chi connectivity index (χ0n) is 9.77. The van der Waals surface area contributed by atoms with Crippen LogP contribution >= 0.6 is 11.3 Å². The highest BCUT2D eigenvalue weighted by molar-refractivity contribution is 7.91. The highest BCUT2D eigenvalue weighted by atomic mass is 32.2. The molecule has 108 valence electrons. The SMILES string of the molecule is NNc1sc(S(=O)(=O)NCc2ccon2)cc1[N+](=O)[O-]. The van der Waals surface area contributed by atoms with Gasteiger partial charge in [-0.15, -0.1) is 0 Å². The van der Waals surface area contributed by atoms with Crippen LogP contribution in [0.5, 0.6) is 0 Å². The average molecular weight is 319 g/mol. The van der Waals surface area contributed by atoms with E-state index in [4.69, 9.17) is 5.84 Å². The van der Waals surface area contributed by atoms with Crippen LogP contribution in [-0.2, 0) is 16.6 Å². The number of sulfonamides is 1. The third-order valence-electron chi connectivity index (χ3n) is 2.22. The van der Waals surface area contributed by atoms with Gasteiger partial charge in [0.05, 0.1) is 17.2 Å². The smallest absolute Gasteiger partial charge is 0.306 e. The molecule has 0 aliphatic heterocycles. The van der Waals surface area contributed by atoms with Crippen LogP contribution in [0.15, 0.2) is 27.1 Å². The molecular weight excluding hydrogens is 310 g/mol. The minimum atomic E-state index is -3.89. The number of rotatable bonds is 6. The van der Waals surface area contributed by atoms with E-state index in [-0.39, 0.29) is 15.8 Å². The summed E-state index contributed by atoms with van der Waals surface area (Å²) in [7, 11) is -3.89. The van der Waals surface area contributed by atoms with Crippen molar-refractivity contribution in [1.82, 2.24) is 9.88 Å². The summed E-state index contributed by atoms with van der Waals surface area (Å²) in [5.41, 5.74) is 2.08. The van der Waals surface area contributed by atoms with Gasteiger partial charge in [0.1, 0.15) is 10.5 Å². The fourth-order valence-corrected chi connectivity index (χ4v) is 3.58. The molecule has 0 aliphatic carbocycles. The molecule has 0 unspecified atom stereocenters. The number of aromatic nitrogens is 1. The lowest BCUT2D eigenvalue weighted by Gasteiger charge is -2.01. The molecule has 0 amide bonds. The van der Waals surface area contributed by atoms with Crippen LogP contribution in [0.4, 0.5) is 10.7 Å². The van der Waals surface area contributed by atoms with Crippen molar-refractivity contribution in [3.63, 3.8) is 0 Å². The lowest BCUT2D eigenvalue weighted by Crippen LogP contribution is -2.22. The Hall–Kier alpha value is -2.02. The van der Waals surface area contributed by atoms with Crippen molar-refractivity contribution in [2.45, 2.75) is 10.8 Å². The summed E-state index contributed by atoms with van der Waals surface area (Å²) in [6.45, 7) is -0.0874. The lowest BCUT2D eigenvalue weighted by molar-refractivity contribution is -0.383. The molecule has 2 heterocycles. The molecule has 0 saturated heterocycles. The van der Waals surface area contributed by atoms with Crippen molar-refractivity contribution in [3.8, 4) is 0 Å². The van der Waals surface area contributed by atoms with Gasteiger partial charge in [-0.05, 0) is 0 Å². The first-order valence-corrected chi connectivity index (χ1v) is 7.38. The number of nitrogens with one attached hydrogen (secondary N) is 2. The molecule has 12 heteroatoms. The number of hydrazine groups is 1. The molecule has 2 aromatic heterocycles. The van der Waals surface area contributed by atoms with Crippen molar-refractivity contribution >= 4 is 32.0 Å². The number of thiophene rings is 1. The third-order valence-corrected chi connectivity index (χ3v) is 5.15. The van der Waals surface area contributed by atoms with E-state index in [0.717, 1.165) is 6.07 Å². The second-order valence-electron chi connectivity index (χ2n) is 3.50. The molecule has 0 saturated carbocycles. The van der Waals surface area contributed by atoms with Crippen LogP contribution in [0.2, 0.25) is 0 Å². The maximum absolute atomic E-state index is 12.0. The fraction of sp³-hybridized carbons (Fsp3) is 0.125. The maximum atomic E-state index is 12.0. The number of nitrogens with two attached hydrogens (primary N) is 1. The van der Waals surface area contributed by atoms with Gasteiger partial charge in [-0.1, -0.05) is 16.5 Å². The van der Waals surface area contributed by atoms with Crippen LogP contribution in [0.1, 0.15) is 5.69 Å². The quantitative estimate of drug-likeness (QED) is 0.393. The summed E-state index contributed by atoms with van der Waals surface area (Å²) in [4.78, 5) is 10.0. The monoisotopic (exact) mass is 319 g/mol. The number of anilines is 1. The molecule has 0 spiro atoms. The molecule has 10 nitrogen and oxygen atoms in total. The molecule has 0 aliphatic rings. The number of hydrogen-bond donors (Lipinski definition) is 3. The molecule has 0 radical (unpaired) electrons. The molecule has 0 atom stereocenters. The second kappa shape index (κ2) is 5.54. The molecule has 0 bridgehead atoms. The van der Waals surface area contributed by atoms with E-state index in [9.17, 15) is 18.5 Å². The average Bonchev–Trinajstić information content (AvgIpc) is 3.05. The predicted molar refractivity (Wildman–Crippen MR) is 69.3 cm³/mol. The highest BCUT2D eigenvalue weighted by Crippen LogP contribution is 2.36. The summed E-state index contributed by atoms with van der Waals surface area (Å²) < 4.78 is 30.6. The molecule has 0 fully saturated rings. The second-order valence-corrected chi connectivity index (χ2v) is 6.54. The summed E-state index contributed by atoms with van der Waals surface area (Å²) in [5, 5.41) is 14.2. The van der Waals surface area contributed by atoms with Gasteiger partial charge < -0.3 is 9.95 Å². The van der Waals surface area contributed by atoms with Gasteiger partial charge in [0.25, 0.3) is 10.0 Å². The van der Waals surface area contributed by atoms with Gasteiger partial charge in [-0.2, -0.15) is 0 Å². The zero-order chi connectivity index (χ0) is 14.8. The largest absolute Gasteiger partial charge is 0.364 e. The zero-order valence-corrected chi connectivity index (χ0v) is 11.4. The number of nitrogen functional groups attached to an aromatic ring is 1. The van der Waals surface area contributed by atoms with Gasteiger partial charge in [0.2, 0.25) is 0 Å². The van der Waals surface area contributed by atoms with Gasteiger partial charge in [-0.3, -0.25) is 10.1 Å². The Morgan fingerprint density at radius 3 is 2.80 bits per heavy atom. The standard InChI is InChI=1S/C8H9N5O5S2/c9-11-8-6(13(14)15)3-7(19-8)20(16,17)10-4-5-1-2-18-12-5/h1-3,10-11H,4,9H2. The van der Waals surface area contributed by atoms with Crippen LogP contribution in [0.25, 0.3) is 0 Å². The molecule has 2 rings (SSSR count). The minimum absolute atomic E-state index is 0.0446. The van der Waals surface area contributed by atoms with Crippen molar-refractivity contribution in [1.29, 1.82) is 0 Å². The summed E-state index contributed by atoms with van der Waals surface area (Å²) in [6, 6.07) is 2.43. The van der Waals surface area contributed by atoms with E-state index in [1.54, 1.807) is 0 Å². The van der Waals surface area contributed by atoms with E-state index in [0.29, 0.717) is 17.0 Å². The Labute approximate surface area is 116 Å². The summed E-state index contributed by atoms with van der Waals surface area (Å²) in [6.07, 6.45) is 1.30. The Bertz CT molecular complexity index is 708. The first-order chi connectivity index (χ1) is 9.44. The third kappa shape index (κ3) is 2.93. The lowest BCUT2D eigenvalue weighted by atomic mass is 10.5. The molecule has 0 aromatic carbocycles. The van der Waals surface area contributed by atoms with Gasteiger partial charge >= 0.3 is 5.69 Å². The summed E-state index contributed by atoms with van der Waals surface area (Å²) >= 11 is 0.660. The minimum Gasteiger partial charge on any atom is -0.364 e. The van der Waals surface area contributed by atoms with Crippen LogP contribution in [0, 0.1) is 10.1 Å². The Kier molecular flexibility index (Phi) is 3.99. The number of nitro groups is 1. The first kappa shape index (κ1) is 14.4. The van der Waals surface area contributed by atoms with Gasteiger partial charge in [-0.25, -0.2) is 19.0 Å². The van der Waals surface area contributed by atoms with E-state index in [2.05, 4.69) is 19.8 Å². The predicted octanol–water partition coefficient (Wildman–Crippen LogP) is 0.408. The topological polar surface area (TPSA) is 153 Å². The Balaban J connectivity index is 2.23.